The SMILES string of the molecule is O=S(=O)(Cc1ccccc1)NCc1nc(-c2ccccn2)cs1. The number of nitrogens with one attached hydrogen (secondary N) is 1. The lowest BCUT2D eigenvalue weighted by Crippen LogP contribution is -2.24. The molecule has 0 aliphatic heterocycles. The van der Waals surface area contributed by atoms with Gasteiger partial charge in [0.05, 0.1) is 23.7 Å². The molecule has 118 valence electrons. The van der Waals surface area contributed by atoms with E-state index >= 15 is 0 Å². The van der Waals surface area contributed by atoms with E-state index in [0.29, 0.717) is 5.01 Å². The fourth-order valence-corrected chi connectivity index (χ4v) is 3.95. The summed E-state index contributed by atoms with van der Waals surface area (Å²) in [5, 5.41) is 2.59. The minimum atomic E-state index is -3.39. The molecule has 5 nitrogen and oxygen atoms in total. The predicted molar refractivity (Wildman–Crippen MR) is 91.3 cm³/mol. The molecule has 3 aromatic rings. The average molecular weight is 345 g/mol. The second kappa shape index (κ2) is 6.99. The van der Waals surface area contributed by atoms with Crippen LogP contribution in [0.5, 0.6) is 0 Å². The molecule has 0 amide bonds. The summed E-state index contributed by atoms with van der Waals surface area (Å²) in [4.78, 5) is 8.65. The van der Waals surface area contributed by atoms with Crippen LogP contribution in [0.15, 0.2) is 60.1 Å². The molecule has 0 spiro atoms. The monoisotopic (exact) mass is 345 g/mol. The van der Waals surface area contributed by atoms with Gasteiger partial charge in [-0.25, -0.2) is 18.1 Å². The van der Waals surface area contributed by atoms with Crippen LogP contribution in [0.4, 0.5) is 0 Å². The molecule has 2 aromatic heterocycles. The molecule has 0 fully saturated rings. The standard InChI is InChI=1S/C16H15N3O2S2/c20-23(21,12-13-6-2-1-3-7-13)18-10-16-19-15(11-22-16)14-8-4-5-9-17-14/h1-9,11,18H,10,12H2. The minimum absolute atomic E-state index is 0.0354. The lowest BCUT2D eigenvalue weighted by Gasteiger charge is -2.05. The van der Waals surface area contributed by atoms with Crippen molar-refractivity contribution in [1.29, 1.82) is 0 Å². The van der Waals surface area contributed by atoms with E-state index in [4.69, 9.17) is 0 Å². The molecule has 0 saturated heterocycles. The first-order chi connectivity index (χ1) is 11.1. The number of sulfonamides is 1. The van der Waals surface area contributed by atoms with Crippen molar-refractivity contribution < 1.29 is 8.42 Å². The molecule has 3 rings (SSSR count). The van der Waals surface area contributed by atoms with E-state index in [1.54, 1.807) is 18.3 Å². The molecule has 7 heteroatoms. The minimum Gasteiger partial charge on any atom is -0.255 e. The summed E-state index contributed by atoms with van der Waals surface area (Å²) in [6.07, 6.45) is 1.71. The van der Waals surface area contributed by atoms with Crippen molar-refractivity contribution in [3.63, 3.8) is 0 Å². The smallest absolute Gasteiger partial charge is 0.216 e. The van der Waals surface area contributed by atoms with Gasteiger partial charge in [0.25, 0.3) is 0 Å². The molecule has 0 bridgehead atoms. The second-order valence-corrected chi connectivity index (χ2v) is 7.66. The average Bonchev–Trinajstić information content (AvgIpc) is 3.04. The zero-order valence-corrected chi connectivity index (χ0v) is 13.8. The number of hydrogen-bond donors (Lipinski definition) is 1. The van der Waals surface area contributed by atoms with E-state index in [0.717, 1.165) is 17.0 Å². The summed E-state index contributed by atoms with van der Waals surface area (Å²) in [6.45, 7) is 0.187. The zero-order chi connectivity index (χ0) is 16.1. The van der Waals surface area contributed by atoms with E-state index in [1.807, 2.05) is 41.8 Å². The number of nitrogens with zero attached hydrogens (tertiary/aromatic N) is 2. The van der Waals surface area contributed by atoms with E-state index in [1.165, 1.54) is 11.3 Å². The largest absolute Gasteiger partial charge is 0.255 e. The maximum Gasteiger partial charge on any atom is 0.216 e. The van der Waals surface area contributed by atoms with E-state index < -0.39 is 10.0 Å². The highest BCUT2D eigenvalue weighted by Gasteiger charge is 2.13. The highest BCUT2D eigenvalue weighted by atomic mass is 32.2. The third-order valence-corrected chi connectivity index (χ3v) is 5.27. The van der Waals surface area contributed by atoms with Crippen molar-refractivity contribution in [2.45, 2.75) is 12.3 Å². The van der Waals surface area contributed by atoms with Gasteiger partial charge in [-0.05, 0) is 17.7 Å². The van der Waals surface area contributed by atoms with Gasteiger partial charge in [0.15, 0.2) is 0 Å². The Morgan fingerprint density at radius 1 is 1.00 bits per heavy atom. The Bertz CT molecular complexity index is 863. The van der Waals surface area contributed by atoms with E-state index in [9.17, 15) is 8.42 Å². The fourth-order valence-electron chi connectivity index (χ4n) is 2.04. The van der Waals surface area contributed by atoms with Gasteiger partial charge >= 0.3 is 0 Å². The summed E-state index contributed by atoms with van der Waals surface area (Å²) in [5.74, 6) is -0.0354. The maximum atomic E-state index is 12.1. The van der Waals surface area contributed by atoms with Crippen molar-refractivity contribution >= 4 is 21.4 Å². The fraction of sp³-hybridized carbons (Fsp3) is 0.125. The Labute approximate surface area is 139 Å². The number of pyridine rings is 1. The quantitative estimate of drug-likeness (QED) is 0.746. The highest BCUT2D eigenvalue weighted by molar-refractivity contribution is 7.88. The van der Waals surface area contributed by atoms with Gasteiger partial charge in [0, 0.05) is 11.6 Å². The normalized spacial score (nSPS) is 11.5. The van der Waals surface area contributed by atoms with Crippen molar-refractivity contribution in [2.75, 3.05) is 0 Å². The first-order valence-electron chi connectivity index (χ1n) is 6.99. The van der Waals surface area contributed by atoms with Crippen LogP contribution >= 0.6 is 11.3 Å². The highest BCUT2D eigenvalue weighted by Crippen LogP contribution is 2.19. The van der Waals surface area contributed by atoms with Gasteiger partial charge < -0.3 is 0 Å². The number of rotatable bonds is 6. The summed E-state index contributed by atoms with van der Waals surface area (Å²) >= 11 is 1.41. The Morgan fingerprint density at radius 2 is 1.78 bits per heavy atom. The molecule has 0 atom stereocenters. The van der Waals surface area contributed by atoms with E-state index in [2.05, 4.69) is 14.7 Å². The molecule has 2 heterocycles. The molecule has 0 unspecified atom stereocenters. The van der Waals surface area contributed by atoms with Crippen LogP contribution in [0, 0.1) is 0 Å². The maximum absolute atomic E-state index is 12.1. The third-order valence-electron chi connectivity index (χ3n) is 3.12. The zero-order valence-electron chi connectivity index (χ0n) is 12.2. The van der Waals surface area contributed by atoms with Crippen molar-refractivity contribution in [3.8, 4) is 11.4 Å². The van der Waals surface area contributed by atoms with Crippen LogP contribution in [0.3, 0.4) is 0 Å². The van der Waals surface area contributed by atoms with Crippen LogP contribution in [-0.4, -0.2) is 18.4 Å². The molecule has 0 aliphatic carbocycles. The van der Waals surface area contributed by atoms with Crippen LogP contribution in [-0.2, 0) is 22.3 Å². The van der Waals surface area contributed by atoms with Gasteiger partial charge in [0.1, 0.15) is 5.01 Å². The molecule has 0 aliphatic rings. The Hall–Kier alpha value is -2.09. The first kappa shape index (κ1) is 15.8. The van der Waals surface area contributed by atoms with Crippen LogP contribution < -0.4 is 4.72 Å². The Kier molecular flexibility index (Phi) is 4.80. The van der Waals surface area contributed by atoms with E-state index in [-0.39, 0.29) is 12.3 Å². The molecule has 0 radical (unpaired) electrons. The molecular weight excluding hydrogens is 330 g/mol. The number of aromatic nitrogens is 2. The Morgan fingerprint density at radius 3 is 2.52 bits per heavy atom. The predicted octanol–water partition coefficient (Wildman–Crippen LogP) is 2.82. The summed E-state index contributed by atoms with van der Waals surface area (Å²) in [7, 11) is -3.39. The Balaban J connectivity index is 1.63. The van der Waals surface area contributed by atoms with Gasteiger partial charge in [-0.15, -0.1) is 11.3 Å². The van der Waals surface area contributed by atoms with Crippen molar-refractivity contribution in [3.05, 3.63) is 70.7 Å². The summed E-state index contributed by atoms with van der Waals surface area (Å²) in [5.41, 5.74) is 2.29. The van der Waals surface area contributed by atoms with Gasteiger partial charge in [0.2, 0.25) is 10.0 Å². The lowest BCUT2D eigenvalue weighted by molar-refractivity contribution is 0.580. The topological polar surface area (TPSA) is 72.0 Å². The number of thiazole rings is 1. The molecule has 1 aromatic carbocycles. The van der Waals surface area contributed by atoms with Gasteiger partial charge in [-0.1, -0.05) is 36.4 Å². The third kappa shape index (κ3) is 4.44. The first-order valence-corrected chi connectivity index (χ1v) is 9.53. The molecule has 0 saturated carbocycles. The van der Waals surface area contributed by atoms with Crippen molar-refractivity contribution in [2.24, 2.45) is 0 Å². The second-order valence-electron chi connectivity index (χ2n) is 4.91. The molecule has 23 heavy (non-hydrogen) atoms. The van der Waals surface area contributed by atoms with Gasteiger partial charge in [-0.3, -0.25) is 4.98 Å². The van der Waals surface area contributed by atoms with Gasteiger partial charge in [-0.2, -0.15) is 0 Å². The summed E-state index contributed by atoms with van der Waals surface area (Å²) < 4.78 is 26.8. The lowest BCUT2D eigenvalue weighted by atomic mass is 10.2. The molecule has 1 N–H and O–H groups in total. The van der Waals surface area contributed by atoms with Crippen LogP contribution in [0.2, 0.25) is 0 Å². The van der Waals surface area contributed by atoms with Crippen LogP contribution in [0.1, 0.15) is 10.6 Å². The number of hydrogen-bond acceptors (Lipinski definition) is 5. The van der Waals surface area contributed by atoms with Crippen LogP contribution in [0.25, 0.3) is 11.4 Å². The summed E-state index contributed by atoms with van der Waals surface area (Å²) in [6, 6.07) is 14.7. The number of benzene rings is 1. The molecular formula is C16H15N3O2S2. The van der Waals surface area contributed by atoms with Crippen molar-refractivity contribution in [1.82, 2.24) is 14.7 Å².